The maximum Gasteiger partial charge on any atom is 0.221 e. The minimum absolute atomic E-state index is 0.0286. The second-order valence-electron chi connectivity index (χ2n) is 7.61. The van der Waals surface area contributed by atoms with Gasteiger partial charge < -0.3 is 15.8 Å². The van der Waals surface area contributed by atoms with E-state index >= 15 is 0 Å². The van der Waals surface area contributed by atoms with E-state index in [2.05, 4.69) is 34.5 Å². The first kappa shape index (κ1) is 18.0. The molecule has 1 saturated heterocycles. The number of hydrogen-bond acceptors (Lipinski definition) is 4. The van der Waals surface area contributed by atoms with Gasteiger partial charge in [0.2, 0.25) is 5.91 Å². The van der Waals surface area contributed by atoms with Crippen molar-refractivity contribution in [1.29, 1.82) is 0 Å². The standard InChI is InChI=1S/C22H27N3O2/c1-15(26)24-18-8-4-9-19(13-18)27-22-20-10-3-2-6-16(20)12-21(22)25-11-5-7-17(23)14-25/h2-4,6,8-10,13,17,21-22H,5,7,11-12,14,23H2,1H3,(H,24,26)/t17-,21-,22-/m1/s1. The molecule has 2 aromatic rings. The summed E-state index contributed by atoms with van der Waals surface area (Å²) in [6, 6.07) is 16.7. The van der Waals surface area contributed by atoms with E-state index in [1.54, 1.807) is 0 Å². The molecular weight excluding hydrogens is 338 g/mol. The molecule has 1 heterocycles. The fourth-order valence-corrected chi connectivity index (χ4v) is 4.34. The van der Waals surface area contributed by atoms with Gasteiger partial charge in [0.25, 0.3) is 0 Å². The Hall–Kier alpha value is -2.37. The normalized spacial score (nSPS) is 25.0. The van der Waals surface area contributed by atoms with Gasteiger partial charge in [0.1, 0.15) is 11.9 Å². The van der Waals surface area contributed by atoms with Crippen LogP contribution in [0.25, 0.3) is 0 Å². The summed E-state index contributed by atoms with van der Waals surface area (Å²) in [6.07, 6.45) is 3.19. The molecule has 3 N–H and O–H groups in total. The molecule has 0 unspecified atom stereocenters. The minimum atomic E-state index is -0.0847. The van der Waals surface area contributed by atoms with Crippen molar-refractivity contribution in [2.75, 3.05) is 18.4 Å². The number of rotatable bonds is 4. The Morgan fingerprint density at radius 3 is 2.89 bits per heavy atom. The predicted molar refractivity (Wildman–Crippen MR) is 107 cm³/mol. The molecule has 2 aliphatic rings. The van der Waals surface area contributed by atoms with Crippen molar-refractivity contribution in [2.45, 2.75) is 44.4 Å². The number of carbonyl (C=O) groups excluding carboxylic acids is 1. The van der Waals surface area contributed by atoms with E-state index in [9.17, 15) is 4.79 Å². The molecule has 0 spiro atoms. The number of hydrogen-bond donors (Lipinski definition) is 2. The van der Waals surface area contributed by atoms with Crippen molar-refractivity contribution in [1.82, 2.24) is 4.90 Å². The van der Waals surface area contributed by atoms with Gasteiger partial charge in [0, 0.05) is 31.3 Å². The molecule has 3 atom stereocenters. The zero-order chi connectivity index (χ0) is 18.8. The van der Waals surface area contributed by atoms with Gasteiger partial charge in [-0.2, -0.15) is 0 Å². The second kappa shape index (κ2) is 7.71. The van der Waals surface area contributed by atoms with E-state index < -0.39 is 0 Å². The number of fused-ring (bicyclic) bond motifs is 1. The largest absolute Gasteiger partial charge is 0.484 e. The summed E-state index contributed by atoms with van der Waals surface area (Å²) < 4.78 is 6.49. The van der Waals surface area contributed by atoms with Crippen LogP contribution < -0.4 is 15.8 Å². The van der Waals surface area contributed by atoms with Gasteiger partial charge in [-0.1, -0.05) is 30.3 Å². The molecule has 5 heteroatoms. The van der Waals surface area contributed by atoms with E-state index in [4.69, 9.17) is 10.5 Å². The van der Waals surface area contributed by atoms with Crippen LogP contribution in [0, 0.1) is 0 Å². The van der Waals surface area contributed by atoms with Gasteiger partial charge in [0.05, 0.1) is 6.04 Å². The number of piperidine rings is 1. The Morgan fingerprint density at radius 2 is 2.07 bits per heavy atom. The fourth-order valence-electron chi connectivity index (χ4n) is 4.34. The lowest BCUT2D eigenvalue weighted by Crippen LogP contribution is -2.49. The van der Waals surface area contributed by atoms with Crippen LogP contribution in [0.2, 0.25) is 0 Å². The minimum Gasteiger partial charge on any atom is -0.484 e. The van der Waals surface area contributed by atoms with Gasteiger partial charge in [-0.25, -0.2) is 0 Å². The highest BCUT2D eigenvalue weighted by atomic mass is 16.5. The maximum atomic E-state index is 11.4. The fraction of sp³-hybridized carbons (Fsp3) is 0.409. The second-order valence-corrected chi connectivity index (χ2v) is 7.61. The smallest absolute Gasteiger partial charge is 0.221 e. The van der Waals surface area contributed by atoms with Crippen LogP contribution >= 0.6 is 0 Å². The maximum absolute atomic E-state index is 11.4. The summed E-state index contributed by atoms with van der Waals surface area (Å²) in [5.74, 6) is 0.688. The summed E-state index contributed by atoms with van der Waals surface area (Å²) >= 11 is 0. The van der Waals surface area contributed by atoms with Crippen LogP contribution in [-0.2, 0) is 11.2 Å². The number of nitrogens with one attached hydrogen (secondary N) is 1. The Morgan fingerprint density at radius 1 is 1.22 bits per heavy atom. The Labute approximate surface area is 160 Å². The highest BCUT2D eigenvalue weighted by molar-refractivity contribution is 5.88. The van der Waals surface area contributed by atoms with Gasteiger partial charge in [0.15, 0.2) is 0 Å². The molecule has 0 bridgehead atoms. The third-order valence-corrected chi connectivity index (χ3v) is 5.52. The Bertz CT molecular complexity index is 823. The lowest BCUT2D eigenvalue weighted by molar-refractivity contribution is -0.114. The summed E-state index contributed by atoms with van der Waals surface area (Å²) in [5, 5.41) is 2.82. The molecule has 5 nitrogen and oxygen atoms in total. The van der Waals surface area contributed by atoms with Crippen LogP contribution in [0.5, 0.6) is 5.75 Å². The SMILES string of the molecule is CC(=O)Nc1cccc(O[C@@H]2c3ccccc3C[C@H]2N2CCC[C@@H](N)C2)c1. The first-order valence-corrected chi connectivity index (χ1v) is 9.72. The molecule has 1 amide bonds. The molecule has 0 radical (unpaired) electrons. The zero-order valence-corrected chi connectivity index (χ0v) is 15.7. The highest BCUT2D eigenvalue weighted by Gasteiger charge is 2.39. The summed E-state index contributed by atoms with van der Waals surface area (Å²) in [4.78, 5) is 13.8. The van der Waals surface area contributed by atoms with Crippen LogP contribution in [0.3, 0.4) is 0 Å². The van der Waals surface area contributed by atoms with E-state index in [1.807, 2.05) is 24.3 Å². The first-order chi connectivity index (χ1) is 13.1. The molecule has 2 aromatic carbocycles. The van der Waals surface area contributed by atoms with Gasteiger partial charge in [-0.05, 0) is 49.1 Å². The average molecular weight is 365 g/mol. The van der Waals surface area contributed by atoms with E-state index in [-0.39, 0.29) is 24.1 Å². The van der Waals surface area contributed by atoms with Crippen molar-refractivity contribution >= 4 is 11.6 Å². The van der Waals surface area contributed by atoms with Crippen LogP contribution in [0.4, 0.5) is 5.69 Å². The highest BCUT2D eigenvalue weighted by Crippen LogP contribution is 2.39. The molecular formula is C22H27N3O2. The van der Waals surface area contributed by atoms with Gasteiger partial charge in [-0.3, -0.25) is 9.69 Å². The Kier molecular flexibility index (Phi) is 5.14. The van der Waals surface area contributed by atoms with Gasteiger partial charge in [-0.15, -0.1) is 0 Å². The number of ether oxygens (including phenoxy) is 1. The molecule has 4 rings (SSSR count). The van der Waals surface area contributed by atoms with Crippen molar-refractivity contribution < 1.29 is 9.53 Å². The number of nitrogens with zero attached hydrogens (tertiary/aromatic N) is 1. The van der Waals surface area contributed by atoms with Crippen molar-refractivity contribution in [3.05, 3.63) is 59.7 Å². The molecule has 142 valence electrons. The Balaban J connectivity index is 1.60. The molecule has 0 saturated carbocycles. The lowest BCUT2D eigenvalue weighted by Gasteiger charge is -2.38. The van der Waals surface area contributed by atoms with Crippen molar-refractivity contribution in [2.24, 2.45) is 5.73 Å². The molecule has 1 fully saturated rings. The lowest BCUT2D eigenvalue weighted by atomic mass is 10.0. The number of anilines is 1. The molecule has 1 aliphatic heterocycles. The van der Waals surface area contributed by atoms with E-state index in [0.29, 0.717) is 0 Å². The van der Waals surface area contributed by atoms with E-state index in [1.165, 1.54) is 18.1 Å². The molecule has 0 aromatic heterocycles. The number of benzene rings is 2. The summed E-state index contributed by atoms with van der Waals surface area (Å²) in [5.41, 5.74) is 9.60. The quantitative estimate of drug-likeness (QED) is 0.874. The summed E-state index contributed by atoms with van der Waals surface area (Å²) in [6.45, 7) is 3.50. The zero-order valence-electron chi connectivity index (χ0n) is 15.7. The summed E-state index contributed by atoms with van der Waals surface area (Å²) in [7, 11) is 0. The number of carbonyl (C=O) groups is 1. The van der Waals surface area contributed by atoms with Crippen LogP contribution in [0.15, 0.2) is 48.5 Å². The third-order valence-electron chi connectivity index (χ3n) is 5.52. The van der Waals surface area contributed by atoms with Crippen LogP contribution in [-0.4, -0.2) is 36.0 Å². The third kappa shape index (κ3) is 3.99. The number of amides is 1. The molecule has 27 heavy (non-hydrogen) atoms. The van der Waals surface area contributed by atoms with Crippen molar-refractivity contribution in [3.8, 4) is 5.75 Å². The topological polar surface area (TPSA) is 67.6 Å². The number of likely N-dealkylation sites (tertiary alicyclic amines) is 1. The number of nitrogens with two attached hydrogens (primary N) is 1. The van der Waals surface area contributed by atoms with Crippen molar-refractivity contribution in [3.63, 3.8) is 0 Å². The predicted octanol–water partition coefficient (Wildman–Crippen LogP) is 3.11. The van der Waals surface area contributed by atoms with Crippen LogP contribution in [0.1, 0.15) is 37.0 Å². The monoisotopic (exact) mass is 365 g/mol. The first-order valence-electron chi connectivity index (χ1n) is 9.72. The van der Waals surface area contributed by atoms with Gasteiger partial charge >= 0.3 is 0 Å². The average Bonchev–Trinajstić information content (AvgIpc) is 3.00. The molecule has 1 aliphatic carbocycles. The van der Waals surface area contributed by atoms with E-state index in [0.717, 1.165) is 43.8 Å².